The highest BCUT2D eigenvalue weighted by Crippen LogP contribution is 2.30. The number of para-hydroxylation sites is 1. The Kier molecular flexibility index (Phi) is 2.51. The first-order chi connectivity index (χ1) is 6.68. The topological polar surface area (TPSA) is 12.0 Å². The zero-order valence-corrected chi connectivity index (χ0v) is 9.23. The molecule has 0 fully saturated rings. The summed E-state index contributed by atoms with van der Waals surface area (Å²) < 4.78 is 0. The van der Waals surface area contributed by atoms with E-state index in [1.807, 2.05) is 12.1 Å². The van der Waals surface area contributed by atoms with Gasteiger partial charge in [-0.2, -0.15) is 0 Å². The second-order valence-corrected chi connectivity index (χ2v) is 4.20. The van der Waals surface area contributed by atoms with Crippen molar-refractivity contribution < 1.29 is 0 Å². The molecule has 1 nitrogen and oxygen atoms in total. The fraction of sp³-hybridized carbons (Fsp3) is 0.333. The van der Waals surface area contributed by atoms with Crippen LogP contribution in [0.3, 0.4) is 0 Å². The molecule has 74 valence electrons. The second-order valence-electron chi connectivity index (χ2n) is 3.79. The standard InChI is InChI=1S/C12H14ClN/c1-8-6-7-10-4-3-5-11(13)12(10)14-9(8)2/h3-6,9,14H,7H2,1-2H3. The molecule has 2 heteroatoms. The molecule has 0 radical (unpaired) electrons. The highest BCUT2D eigenvalue weighted by Gasteiger charge is 2.13. The molecule has 0 spiro atoms. The van der Waals surface area contributed by atoms with Gasteiger partial charge in [0.15, 0.2) is 0 Å². The molecule has 0 aromatic heterocycles. The molecule has 1 aliphatic rings. The molecule has 1 aromatic carbocycles. The Balaban J connectivity index is 2.45. The van der Waals surface area contributed by atoms with Gasteiger partial charge in [0.2, 0.25) is 0 Å². The smallest absolute Gasteiger partial charge is 0.0640 e. The van der Waals surface area contributed by atoms with Gasteiger partial charge in [-0.05, 0) is 31.9 Å². The average molecular weight is 208 g/mol. The van der Waals surface area contributed by atoms with E-state index in [2.05, 4.69) is 31.3 Å². The Bertz CT molecular complexity index is 382. The van der Waals surface area contributed by atoms with Crippen LogP contribution in [0.25, 0.3) is 0 Å². The second kappa shape index (κ2) is 3.66. The van der Waals surface area contributed by atoms with Gasteiger partial charge in [0, 0.05) is 6.04 Å². The third kappa shape index (κ3) is 1.64. The molecule has 14 heavy (non-hydrogen) atoms. The summed E-state index contributed by atoms with van der Waals surface area (Å²) in [6, 6.07) is 6.43. The molecule has 1 N–H and O–H groups in total. The SMILES string of the molecule is CC1=CCc2cccc(Cl)c2NC1C. The Morgan fingerprint density at radius 2 is 2.21 bits per heavy atom. The normalized spacial score (nSPS) is 20.5. The Labute approximate surface area is 89.8 Å². The van der Waals surface area contributed by atoms with Crippen LogP contribution in [0, 0.1) is 0 Å². The number of anilines is 1. The van der Waals surface area contributed by atoms with E-state index in [0.29, 0.717) is 6.04 Å². The van der Waals surface area contributed by atoms with Crippen LogP contribution in [0.15, 0.2) is 29.8 Å². The monoisotopic (exact) mass is 207 g/mol. The third-order valence-electron chi connectivity index (χ3n) is 2.79. The van der Waals surface area contributed by atoms with E-state index in [1.165, 1.54) is 11.1 Å². The summed E-state index contributed by atoms with van der Waals surface area (Å²) in [4.78, 5) is 0. The third-order valence-corrected chi connectivity index (χ3v) is 3.10. The maximum atomic E-state index is 6.14. The van der Waals surface area contributed by atoms with Gasteiger partial charge in [-0.3, -0.25) is 0 Å². The number of benzene rings is 1. The van der Waals surface area contributed by atoms with Crippen molar-refractivity contribution in [3.63, 3.8) is 0 Å². The van der Waals surface area contributed by atoms with Crippen molar-refractivity contribution in [2.24, 2.45) is 0 Å². The lowest BCUT2D eigenvalue weighted by Crippen LogP contribution is -2.15. The zero-order chi connectivity index (χ0) is 10.1. The van der Waals surface area contributed by atoms with Gasteiger partial charge >= 0.3 is 0 Å². The van der Waals surface area contributed by atoms with Gasteiger partial charge in [-0.15, -0.1) is 0 Å². The summed E-state index contributed by atoms with van der Waals surface area (Å²) in [5.74, 6) is 0. The van der Waals surface area contributed by atoms with Gasteiger partial charge in [0.1, 0.15) is 0 Å². The van der Waals surface area contributed by atoms with Gasteiger partial charge in [0.05, 0.1) is 10.7 Å². The van der Waals surface area contributed by atoms with Crippen molar-refractivity contribution >= 4 is 17.3 Å². The minimum atomic E-state index is 0.371. The van der Waals surface area contributed by atoms with E-state index in [9.17, 15) is 0 Å². The molecule has 0 bridgehead atoms. The van der Waals surface area contributed by atoms with Crippen LogP contribution in [0.4, 0.5) is 5.69 Å². The molecule has 2 rings (SSSR count). The maximum Gasteiger partial charge on any atom is 0.0640 e. The number of allylic oxidation sites excluding steroid dienone is 1. The maximum absolute atomic E-state index is 6.14. The number of fused-ring (bicyclic) bond motifs is 1. The van der Waals surface area contributed by atoms with Crippen molar-refractivity contribution in [3.05, 3.63) is 40.4 Å². The number of nitrogens with one attached hydrogen (secondary N) is 1. The number of hydrogen-bond donors (Lipinski definition) is 1. The predicted octanol–water partition coefficient (Wildman–Crippen LogP) is 3.64. The molecule has 0 amide bonds. The lowest BCUT2D eigenvalue weighted by molar-refractivity contribution is 0.927. The highest BCUT2D eigenvalue weighted by molar-refractivity contribution is 6.33. The molecular formula is C12H14ClN. The molecule has 0 saturated carbocycles. The van der Waals surface area contributed by atoms with E-state index < -0.39 is 0 Å². The molecular weight excluding hydrogens is 194 g/mol. The fourth-order valence-electron chi connectivity index (χ4n) is 1.68. The van der Waals surface area contributed by atoms with Crippen molar-refractivity contribution in [2.75, 3.05) is 5.32 Å². The van der Waals surface area contributed by atoms with Crippen LogP contribution >= 0.6 is 11.6 Å². The van der Waals surface area contributed by atoms with Gasteiger partial charge in [-0.25, -0.2) is 0 Å². The number of halogens is 1. The average Bonchev–Trinajstić information content (AvgIpc) is 2.30. The largest absolute Gasteiger partial charge is 0.377 e. The summed E-state index contributed by atoms with van der Waals surface area (Å²) in [5, 5.41) is 4.26. The van der Waals surface area contributed by atoms with Crippen LogP contribution in [0.5, 0.6) is 0 Å². The van der Waals surface area contributed by atoms with Crippen molar-refractivity contribution in [1.29, 1.82) is 0 Å². The molecule has 1 heterocycles. The molecule has 1 unspecified atom stereocenters. The fourth-order valence-corrected chi connectivity index (χ4v) is 1.93. The van der Waals surface area contributed by atoms with E-state index in [0.717, 1.165) is 17.1 Å². The minimum Gasteiger partial charge on any atom is -0.377 e. The summed E-state index contributed by atoms with van der Waals surface area (Å²) in [5.41, 5.74) is 3.74. The lowest BCUT2D eigenvalue weighted by atomic mass is 10.1. The number of rotatable bonds is 0. The van der Waals surface area contributed by atoms with E-state index in [1.54, 1.807) is 0 Å². The number of hydrogen-bond acceptors (Lipinski definition) is 1. The first-order valence-corrected chi connectivity index (χ1v) is 5.27. The van der Waals surface area contributed by atoms with Crippen LogP contribution in [-0.2, 0) is 6.42 Å². The van der Waals surface area contributed by atoms with Crippen LogP contribution in [-0.4, -0.2) is 6.04 Å². The van der Waals surface area contributed by atoms with Crippen molar-refractivity contribution in [1.82, 2.24) is 0 Å². The summed E-state index contributed by atoms with van der Waals surface area (Å²) in [7, 11) is 0. The summed E-state index contributed by atoms with van der Waals surface area (Å²) >= 11 is 6.14. The Hall–Kier alpha value is -0.950. The van der Waals surface area contributed by atoms with Gasteiger partial charge in [0.25, 0.3) is 0 Å². The highest BCUT2D eigenvalue weighted by atomic mass is 35.5. The quantitative estimate of drug-likeness (QED) is 0.641. The van der Waals surface area contributed by atoms with Crippen molar-refractivity contribution in [3.8, 4) is 0 Å². The van der Waals surface area contributed by atoms with Crippen molar-refractivity contribution in [2.45, 2.75) is 26.3 Å². The molecule has 1 atom stereocenters. The van der Waals surface area contributed by atoms with E-state index in [4.69, 9.17) is 11.6 Å². The molecule has 1 aromatic rings. The summed E-state index contributed by atoms with van der Waals surface area (Å²) in [6.45, 7) is 4.31. The molecule has 0 aliphatic carbocycles. The Morgan fingerprint density at radius 3 is 3.00 bits per heavy atom. The van der Waals surface area contributed by atoms with Crippen LogP contribution in [0.2, 0.25) is 5.02 Å². The predicted molar refractivity (Wildman–Crippen MR) is 62.0 cm³/mol. The first kappa shape index (κ1) is 9.60. The van der Waals surface area contributed by atoms with Crippen LogP contribution in [0.1, 0.15) is 19.4 Å². The lowest BCUT2D eigenvalue weighted by Gasteiger charge is -2.16. The van der Waals surface area contributed by atoms with E-state index in [-0.39, 0.29) is 0 Å². The zero-order valence-electron chi connectivity index (χ0n) is 8.47. The molecule has 1 aliphatic heterocycles. The van der Waals surface area contributed by atoms with Crippen LogP contribution < -0.4 is 5.32 Å². The Morgan fingerprint density at radius 1 is 1.43 bits per heavy atom. The van der Waals surface area contributed by atoms with Gasteiger partial charge < -0.3 is 5.32 Å². The van der Waals surface area contributed by atoms with Gasteiger partial charge in [-0.1, -0.05) is 35.4 Å². The first-order valence-electron chi connectivity index (χ1n) is 4.89. The molecule has 0 saturated heterocycles. The minimum absolute atomic E-state index is 0.371. The summed E-state index contributed by atoms with van der Waals surface area (Å²) in [6.07, 6.45) is 3.24. The van der Waals surface area contributed by atoms with E-state index >= 15 is 0 Å².